The molecule has 0 rings (SSSR count). The van der Waals surface area contributed by atoms with E-state index in [1.807, 2.05) is 13.8 Å². The van der Waals surface area contributed by atoms with E-state index in [1.165, 1.54) is 0 Å². The fraction of sp³-hybridized carbons (Fsp3) is 1.00. The number of nitrogens with two attached hydrogens (primary N) is 1. The van der Waals surface area contributed by atoms with E-state index in [0.717, 1.165) is 19.3 Å². The molecule has 2 heteroatoms. The van der Waals surface area contributed by atoms with Gasteiger partial charge in [-0.3, -0.25) is 0 Å². The van der Waals surface area contributed by atoms with E-state index >= 15 is 0 Å². The van der Waals surface area contributed by atoms with Crippen LogP contribution in [-0.4, -0.2) is 16.7 Å². The first kappa shape index (κ1) is 14.9. The summed E-state index contributed by atoms with van der Waals surface area (Å²) >= 11 is 0. The monoisotopic (exact) mass is 215 g/mol. The van der Waals surface area contributed by atoms with E-state index in [0.29, 0.717) is 0 Å². The molecule has 0 bridgehead atoms. The first-order chi connectivity index (χ1) is 6.47. The maximum Gasteiger partial charge on any atom is 0.0651 e. The van der Waals surface area contributed by atoms with Crippen LogP contribution in [0.5, 0.6) is 0 Å². The third-order valence-electron chi connectivity index (χ3n) is 2.29. The summed E-state index contributed by atoms with van der Waals surface area (Å²) in [5, 5.41) is 0. The van der Waals surface area contributed by atoms with Gasteiger partial charge in [-0.2, -0.15) is 0 Å². The molecule has 0 aromatic carbocycles. The van der Waals surface area contributed by atoms with Gasteiger partial charge in [-0.1, -0.05) is 13.3 Å². The smallest absolute Gasteiger partial charge is 0.0651 e. The summed E-state index contributed by atoms with van der Waals surface area (Å²) in [6, 6.07) is 0. The number of rotatable bonds is 6. The topological polar surface area (TPSA) is 35.2 Å². The molecule has 0 aromatic rings. The lowest BCUT2D eigenvalue weighted by molar-refractivity contribution is -0.135. The van der Waals surface area contributed by atoms with Crippen molar-refractivity contribution in [3.63, 3.8) is 0 Å². The van der Waals surface area contributed by atoms with Crippen molar-refractivity contribution in [1.82, 2.24) is 0 Å². The molecule has 0 heterocycles. The molecule has 0 radical (unpaired) electrons. The fourth-order valence-corrected chi connectivity index (χ4v) is 2.53. The molecule has 0 aromatic heterocycles. The lowest BCUT2D eigenvalue weighted by Crippen LogP contribution is -2.45. The van der Waals surface area contributed by atoms with E-state index in [2.05, 4.69) is 34.6 Å². The van der Waals surface area contributed by atoms with Gasteiger partial charge in [0.15, 0.2) is 0 Å². The van der Waals surface area contributed by atoms with Crippen molar-refractivity contribution in [2.75, 3.05) is 0 Å². The maximum atomic E-state index is 6.16. The van der Waals surface area contributed by atoms with E-state index in [9.17, 15) is 0 Å². The van der Waals surface area contributed by atoms with Crippen LogP contribution < -0.4 is 5.73 Å². The molecule has 92 valence electrons. The summed E-state index contributed by atoms with van der Waals surface area (Å²) < 4.78 is 6.16. The second-order valence-corrected chi connectivity index (χ2v) is 6.54. The van der Waals surface area contributed by atoms with Gasteiger partial charge in [0.05, 0.1) is 11.2 Å². The zero-order chi connectivity index (χ0) is 12.3. The largest absolute Gasteiger partial charge is 0.370 e. The molecule has 0 unspecified atom stereocenters. The minimum atomic E-state index is -0.175. The molecule has 0 aliphatic carbocycles. The molecule has 15 heavy (non-hydrogen) atoms. The maximum absolute atomic E-state index is 6.16. The summed E-state index contributed by atoms with van der Waals surface area (Å²) in [6.07, 6.45) is 3.10. The van der Waals surface area contributed by atoms with Crippen molar-refractivity contribution in [2.45, 2.75) is 84.5 Å². The predicted molar refractivity (Wildman–Crippen MR) is 67.0 cm³/mol. The molecule has 0 spiro atoms. The Hall–Kier alpha value is -0.0800. The third kappa shape index (κ3) is 7.80. The van der Waals surface area contributed by atoms with Gasteiger partial charge in [-0.25, -0.2) is 0 Å². The van der Waals surface area contributed by atoms with Gasteiger partial charge in [0.1, 0.15) is 0 Å². The Kier molecular flexibility index (Phi) is 4.81. The SMILES string of the molecule is CCCC(C)(C)OC(C)(C)CC(C)(C)N. The van der Waals surface area contributed by atoms with Crippen LogP contribution >= 0.6 is 0 Å². The average molecular weight is 215 g/mol. The van der Waals surface area contributed by atoms with Gasteiger partial charge < -0.3 is 10.5 Å². The Balaban J connectivity index is 4.36. The molecule has 0 aliphatic rings. The van der Waals surface area contributed by atoms with Crippen LogP contribution in [0.1, 0.15) is 67.7 Å². The highest BCUT2D eigenvalue weighted by Crippen LogP contribution is 2.29. The minimum absolute atomic E-state index is 0.0521. The molecule has 0 atom stereocenters. The van der Waals surface area contributed by atoms with Crippen molar-refractivity contribution in [3.05, 3.63) is 0 Å². The first-order valence-corrected chi connectivity index (χ1v) is 5.96. The second kappa shape index (κ2) is 4.84. The van der Waals surface area contributed by atoms with Gasteiger partial charge in [-0.05, 0) is 54.4 Å². The summed E-state index contributed by atoms with van der Waals surface area (Å²) in [4.78, 5) is 0. The molecule has 0 amide bonds. The van der Waals surface area contributed by atoms with Gasteiger partial charge in [0, 0.05) is 5.54 Å². The standard InChI is InChI=1S/C13H29NO/c1-8-9-12(4,5)15-13(6,7)10-11(2,3)14/h8-10,14H2,1-7H3. The van der Waals surface area contributed by atoms with Crippen LogP contribution in [0.2, 0.25) is 0 Å². The number of hydrogen-bond acceptors (Lipinski definition) is 2. The van der Waals surface area contributed by atoms with E-state index in [4.69, 9.17) is 10.5 Å². The van der Waals surface area contributed by atoms with Gasteiger partial charge >= 0.3 is 0 Å². The number of ether oxygens (including phenoxy) is 1. The van der Waals surface area contributed by atoms with Crippen LogP contribution in [0, 0.1) is 0 Å². The van der Waals surface area contributed by atoms with Crippen molar-refractivity contribution in [3.8, 4) is 0 Å². The van der Waals surface area contributed by atoms with Gasteiger partial charge in [0.25, 0.3) is 0 Å². The van der Waals surface area contributed by atoms with E-state index in [1.54, 1.807) is 0 Å². The van der Waals surface area contributed by atoms with Crippen LogP contribution in [-0.2, 0) is 4.74 Å². The molecule has 0 aliphatic heterocycles. The Bertz CT molecular complexity index is 189. The lowest BCUT2D eigenvalue weighted by atomic mass is 9.89. The van der Waals surface area contributed by atoms with Gasteiger partial charge in [0.2, 0.25) is 0 Å². The van der Waals surface area contributed by atoms with Gasteiger partial charge in [-0.15, -0.1) is 0 Å². The highest BCUT2D eigenvalue weighted by Gasteiger charge is 2.32. The Morgan fingerprint density at radius 2 is 1.40 bits per heavy atom. The second-order valence-electron chi connectivity index (χ2n) is 6.54. The minimum Gasteiger partial charge on any atom is -0.370 e. The van der Waals surface area contributed by atoms with Crippen molar-refractivity contribution in [2.24, 2.45) is 5.73 Å². The molecular formula is C13H29NO. The summed E-state index contributed by atoms with van der Waals surface area (Å²) in [5.74, 6) is 0. The summed E-state index contributed by atoms with van der Waals surface area (Å²) in [7, 11) is 0. The zero-order valence-electron chi connectivity index (χ0n) is 11.6. The van der Waals surface area contributed by atoms with Crippen LogP contribution in [0.15, 0.2) is 0 Å². The van der Waals surface area contributed by atoms with Crippen LogP contribution in [0.3, 0.4) is 0 Å². The zero-order valence-corrected chi connectivity index (χ0v) is 11.6. The third-order valence-corrected chi connectivity index (χ3v) is 2.29. The Morgan fingerprint density at radius 3 is 1.73 bits per heavy atom. The lowest BCUT2D eigenvalue weighted by Gasteiger charge is -2.39. The molecule has 2 nitrogen and oxygen atoms in total. The Morgan fingerprint density at radius 1 is 0.933 bits per heavy atom. The highest BCUT2D eigenvalue weighted by atomic mass is 16.5. The fourth-order valence-electron chi connectivity index (χ4n) is 2.53. The van der Waals surface area contributed by atoms with Crippen molar-refractivity contribution >= 4 is 0 Å². The molecule has 0 saturated carbocycles. The van der Waals surface area contributed by atoms with Crippen molar-refractivity contribution < 1.29 is 4.74 Å². The highest BCUT2D eigenvalue weighted by molar-refractivity contribution is 4.85. The predicted octanol–water partition coefficient (Wildman–Crippen LogP) is 3.49. The Labute approximate surface area is 95.6 Å². The average Bonchev–Trinajstić information content (AvgIpc) is 1.74. The molecule has 2 N–H and O–H groups in total. The normalized spacial score (nSPS) is 14.4. The first-order valence-electron chi connectivity index (χ1n) is 5.96. The molecule has 0 saturated heterocycles. The van der Waals surface area contributed by atoms with E-state index < -0.39 is 0 Å². The summed E-state index contributed by atoms with van der Waals surface area (Å²) in [5.41, 5.74) is 5.65. The summed E-state index contributed by atoms with van der Waals surface area (Å²) in [6.45, 7) is 14.8. The quantitative estimate of drug-likeness (QED) is 0.736. The molecular weight excluding hydrogens is 186 g/mol. The van der Waals surface area contributed by atoms with Crippen molar-refractivity contribution in [1.29, 1.82) is 0 Å². The van der Waals surface area contributed by atoms with Crippen LogP contribution in [0.4, 0.5) is 0 Å². The van der Waals surface area contributed by atoms with Crippen LogP contribution in [0.25, 0.3) is 0 Å². The number of hydrogen-bond donors (Lipinski definition) is 1. The molecule has 0 fully saturated rings. The van der Waals surface area contributed by atoms with E-state index in [-0.39, 0.29) is 16.7 Å².